The van der Waals surface area contributed by atoms with E-state index in [1.54, 1.807) is 0 Å². The van der Waals surface area contributed by atoms with Gasteiger partial charge in [0.25, 0.3) is 0 Å². The number of hydrogen-bond acceptors (Lipinski definition) is 3. The molecule has 1 unspecified atom stereocenters. The van der Waals surface area contributed by atoms with Crippen LogP contribution in [0.15, 0.2) is 0 Å². The molecule has 0 spiro atoms. The maximum absolute atomic E-state index is 8.72. The minimum Gasteiger partial charge on any atom is -0.246 e. The maximum Gasteiger partial charge on any atom is 0.100 e. The molecule has 1 aromatic heterocycles. The lowest BCUT2D eigenvalue weighted by atomic mass is 10.1. The van der Waals surface area contributed by atoms with Gasteiger partial charge in [-0.1, -0.05) is 12.1 Å². The van der Waals surface area contributed by atoms with Gasteiger partial charge in [-0.25, -0.2) is 4.68 Å². The van der Waals surface area contributed by atoms with E-state index < -0.39 is 0 Å². The van der Waals surface area contributed by atoms with Gasteiger partial charge >= 0.3 is 0 Å². The smallest absolute Gasteiger partial charge is 0.100 e. The maximum atomic E-state index is 8.72. The Labute approximate surface area is 89.9 Å². The van der Waals surface area contributed by atoms with E-state index in [1.165, 1.54) is 18.5 Å². The number of rotatable bonds is 4. The van der Waals surface area contributed by atoms with Crippen molar-refractivity contribution in [1.29, 1.82) is 5.26 Å². The van der Waals surface area contributed by atoms with Crippen molar-refractivity contribution in [2.75, 3.05) is 0 Å². The minimum absolute atomic E-state index is 0.389. The number of aromatic nitrogens is 3. The van der Waals surface area contributed by atoms with Gasteiger partial charge in [0.1, 0.15) is 5.69 Å². The molecule has 2 rings (SSSR count). The molecule has 0 amide bonds. The lowest BCUT2D eigenvalue weighted by Gasteiger charge is -2.12. The Morgan fingerprint density at radius 1 is 1.60 bits per heavy atom. The second-order valence-corrected chi connectivity index (χ2v) is 4.23. The van der Waals surface area contributed by atoms with Crippen LogP contribution < -0.4 is 0 Å². The Morgan fingerprint density at radius 2 is 2.33 bits per heavy atom. The Balaban J connectivity index is 2.34. The van der Waals surface area contributed by atoms with Crippen LogP contribution in [0, 0.1) is 11.3 Å². The molecule has 1 fully saturated rings. The van der Waals surface area contributed by atoms with E-state index in [2.05, 4.69) is 30.2 Å². The van der Waals surface area contributed by atoms with Crippen LogP contribution in [0.1, 0.15) is 56.5 Å². The molecule has 80 valence electrons. The Morgan fingerprint density at radius 3 is 2.87 bits per heavy atom. The largest absolute Gasteiger partial charge is 0.246 e. The average molecular weight is 204 g/mol. The summed E-state index contributed by atoms with van der Waals surface area (Å²) in [5.41, 5.74) is 2.10. The van der Waals surface area contributed by atoms with E-state index >= 15 is 0 Å². The molecule has 1 aliphatic rings. The SMILES string of the molecule is CCC(C)n1nnc(CC#N)c1C1CC1. The van der Waals surface area contributed by atoms with E-state index in [4.69, 9.17) is 5.26 Å². The van der Waals surface area contributed by atoms with Gasteiger partial charge in [0.15, 0.2) is 0 Å². The third kappa shape index (κ3) is 1.87. The van der Waals surface area contributed by atoms with E-state index in [0.717, 1.165) is 12.1 Å². The summed E-state index contributed by atoms with van der Waals surface area (Å²) in [6.07, 6.45) is 3.89. The van der Waals surface area contributed by atoms with Crippen LogP contribution in [0.3, 0.4) is 0 Å². The van der Waals surface area contributed by atoms with Crippen molar-refractivity contribution in [3.8, 4) is 6.07 Å². The molecule has 0 aliphatic heterocycles. The number of nitriles is 1. The first-order valence-corrected chi connectivity index (χ1v) is 5.58. The van der Waals surface area contributed by atoms with Gasteiger partial charge in [-0.2, -0.15) is 5.26 Å². The zero-order valence-electron chi connectivity index (χ0n) is 9.27. The van der Waals surface area contributed by atoms with E-state index in [0.29, 0.717) is 18.4 Å². The van der Waals surface area contributed by atoms with Crippen LogP contribution in [0.25, 0.3) is 0 Å². The molecule has 0 N–H and O–H groups in total. The van der Waals surface area contributed by atoms with Crippen molar-refractivity contribution >= 4 is 0 Å². The predicted octanol–water partition coefficient (Wildman–Crippen LogP) is 2.19. The minimum atomic E-state index is 0.389. The van der Waals surface area contributed by atoms with Crippen molar-refractivity contribution in [1.82, 2.24) is 15.0 Å². The van der Waals surface area contributed by atoms with Crippen molar-refractivity contribution in [2.24, 2.45) is 0 Å². The van der Waals surface area contributed by atoms with Crippen LogP contribution in [0.2, 0.25) is 0 Å². The van der Waals surface area contributed by atoms with Crippen molar-refractivity contribution in [3.05, 3.63) is 11.4 Å². The number of hydrogen-bond donors (Lipinski definition) is 0. The van der Waals surface area contributed by atoms with Crippen LogP contribution in [0.5, 0.6) is 0 Å². The van der Waals surface area contributed by atoms with Crippen molar-refractivity contribution in [3.63, 3.8) is 0 Å². The van der Waals surface area contributed by atoms with Crippen molar-refractivity contribution < 1.29 is 0 Å². The Hall–Kier alpha value is -1.37. The second kappa shape index (κ2) is 4.01. The van der Waals surface area contributed by atoms with Gasteiger partial charge < -0.3 is 0 Å². The average Bonchev–Trinajstić information content (AvgIpc) is 3.00. The van der Waals surface area contributed by atoms with Crippen molar-refractivity contribution in [2.45, 2.75) is 51.5 Å². The van der Waals surface area contributed by atoms with Crippen LogP contribution in [-0.2, 0) is 6.42 Å². The van der Waals surface area contributed by atoms with Gasteiger partial charge in [0.2, 0.25) is 0 Å². The molecule has 0 aromatic carbocycles. The van der Waals surface area contributed by atoms with Gasteiger partial charge in [-0.3, -0.25) is 0 Å². The standard InChI is InChI=1S/C11H16N4/c1-3-8(2)15-11(9-4-5-9)10(6-7-12)13-14-15/h8-9H,3-6H2,1-2H3. The first-order chi connectivity index (χ1) is 7.27. The Kier molecular flexibility index (Phi) is 2.72. The molecule has 1 atom stereocenters. The third-order valence-electron chi connectivity index (χ3n) is 3.02. The highest BCUT2D eigenvalue weighted by Crippen LogP contribution is 2.42. The van der Waals surface area contributed by atoms with E-state index in [-0.39, 0.29) is 0 Å². The lowest BCUT2D eigenvalue weighted by molar-refractivity contribution is 0.448. The summed E-state index contributed by atoms with van der Waals surface area (Å²) >= 11 is 0. The zero-order valence-corrected chi connectivity index (χ0v) is 9.27. The highest BCUT2D eigenvalue weighted by Gasteiger charge is 2.31. The number of nitrogens with zero attached hydrogens (tertiary/aromatic N) is 4. The quantitative estimate of drug-likeness (QED) is 0.755. The zero-order chi connectivity index (χ0) is 10.8. The molecular weight excluding hydrogens is 188 g/mol. The Bertz CT molecular complexity index is 384. The summed E-state index contributed by atoms with van der Waals surface area (Å²) in [5.74, 6) is 0.609. The highest BCUT2D eigenvalue weighted by atomic mass is 15.4. The van der Waals surface area contributed by atoms with Gasteiger partial charge in [0, 0.05) is 5.92 Å². The summed E-state index contributed by atoms with van der Waals surface area (Å²) in [7, 11) is 0. The van der Waals surface area contributed by atoms with Crippen LogP contribution >= 0.6 is 0 Å². The molecule has 1 aliphatic carbocycles. The normalized spacial score (nSPS) is 17.4. The van der Waals surface area contributed by atoms with Crippen LogP contribution in [-0.4, -0.2) is 15.0 Å². The van der Waals surface area contributed by atoms with Gasteiger partial charge in [-0.05, 0) is 26.2 Å². The van der Waals surface area contributed by atoms with Gasteiger partial charge in [0.05, 0.1) is 24.2 Å². The molecule has 15 heavy (non-hydrogen) atoms. The summed E-state index contributed by atoms with van der Waals surface area (Å²) in [4.78, 5) is 0. The summed E-state index contributed by atoms with van der Waals surface area (Å²) in [6, 6.07) is 2.55. The van der Waals surface area contributed by atoms with Gasteiger partial charge in [-0.15, -0.1) is 5.10 Å². The topological polar surface area (TPSA) is 54.5 Å². The first kappa shape index (κ1) is 10.2. The fourth-order valence-corrected chi connectivity index (χ4v) is 1.81. The third-order valence-corrected chi connectivity index (χ3v) is 3.02. The summed E-state index contributed by atoms with van der Waals surface area (Å²) < 4.78 is 2.02. The van der Waals surface area contributed by atoms with E-state index in [9.17, 15) is 0 Å². The molecule has 1 heterocycles. The molecule has 1 aromatic rings. The molecule has 4 heteroatoms. The molecule has 1 saturated carbocycles. The fourth-order valence-electron chi connectivity index (χ4n) is 1.81. The molecule has 0 bridgehead atoms. The monoisotopic (exact) mass is 204 g/mol. The fraction of sp³-hybridized carbons (Fsp3) is 0.727. The first-order valence-electron chi connectivity index (χ1n) is 5.58. The highest BCUT2D eigenvalue weighted by molar-refractivity contribution is 5.23. The molecule has 4 nitrogen and oxygen atoms in total. The summed E-state index contributed by atoms with van der Waals surface area (Å²) in [6.45, 7) is 4.30. The lowest BCUT2D eigenvalue weighted by Crippen LogP contribution is -2.10. The molecule has 0 radical (unpaired) electrons. The van der Waals surface area contributed by atoms with Crippen LogP contribution in [0.4, 0.5) is 0 Å². The van der Waals surface area contributed by atoms with E-state index in [1.807, 2.05) is 4.68 Å². The molecule has 0 saturated heterocycles. The predicted molar refractivity (Wildman–Crippen MR) is 56.3 cm³/mol. The molecular formula is C11H16N4. The summed E-state index contributed by atoms with van der Waals surface area (Å²) in [5, 5.41) is 17.0. The second-order valence-electron chi connectivity index (χ2n) is 4.23.